The number of ether oxygens (including phenoxy) is 1. The first-order valence-corrected chi connectivity index (χ1v) is 8.85. The van der Waals surface area contributed by atoms with E-state index in [2.05, 4.69) is 27.0 Å². The van der Waals surface area contributed by atoms with Gasteiger partial charge in [0, 0.05) is 21.0 Å². The Hall–Kier alpha value is -2.42. The highest BCUT2D eigenvalue weighted by Crippen LogP contribution is 2.30. The van der Waals surface area contributed by atoms with Crippen molar-refractivity contribution in [2.75, 3.05) is 7.11 Å². The van der Waals surface area contributed by atoms with E-state index >= 15 is 0 Å². The van der Waals surface area contributed by atoms with E-state index in [9.17, 15) is 5.26 Å². The van der Waals surface area contributed by atoms with Gasteiger partial charge in [0.2, 0.25) is 0 Å². The number of benzene rings is 2. The molecule has 0 saturated carbocycles. The predicted molar refractivity (Wildman–Crippen MR) is 102 cm³/mol. The summed E-state index contributed by atoms with van der Waals surface area (Å²) in [5.41, 5.74) is 3.25. The van der Waals surface area contributed by atoms with Crippen molar-refractivity contribution in [3.63, 3.8) is 0 Å². The zero-order valence-electron chi connectivity index (χ0n) is 12.9. The Morgan fingerprint density at radius 2 is 2.08 bits per heavy atom. The Labute approximate surface area is 153 Å². The van der Waals surface area contributed by atoms with Crippen LogP contribution in [-0.4, -0.2) is 12.1 Å². The summed E-state index contributed by atoms with van der Waals surface area (Å²) in [5.74, 6) is 0.731. The molecule has 0 bridgehead atoms. The Bertz CT molecular complexity index is 940. The molecule has 0 aliphatic carbocycles. The lowest BCUT2D eigenvalue weighted by atomic mass is 10.1. The van der Waals surface area contributed by atoms with E-state index in [0.29, 0.717) is 10.6 Å². The van der Waals surface area contributed by atoms with Crippen molar-refractivity contribution < 1.29 is 4.74 Å². The molecule has 2 aromatic carbocycles. The van der Waals surface area contributed by atoms with E-state index in [0.717, 1.165) is 27.0 Å². The van der Waals surface area contributed by atoms with Gasteiger partial charge in [-0.2, -0.15) is 5.26 Å². The standard InChI is InChI=1S/C19H13BrN2OS/c1-23-18-8-3-2-5-14(18)9-15(11-21)19-22-17(12-24-19)13-6-4-7-16(20)10-13/h2-10,12H,1H3. The first-order chi connectivity index (χ1) is 11.7. The molecule has 0 radical (unpaired) electrons. The number of para-hydroxylation sites is 1. The largest absolute Gasteiger partial charge is 0.496 e. The van der Waals surface area contributed by atoms with E-state index in [1.54, 1.807) is 7.11 Å². The number of thiazole rings is 1. The summed E-state index contributed by atoms with van der Waals surface area (Å²) in [6, 6.07) is 17.8. The Morgan fingerprint density at radius 3 is 2.83 bits per heavy atom. The van der Waals surface area contributed by atoms with Crippen molar-refractivity contribution in [3.8, 4) is 23.1 Å². The third-order valence-corrected chi connectivity index (χ3v) is 4.78. The van der Waals surface area contributed by atoms with Crippen LogP contribution >= 0.6 is 27.3 Å². The second kappa shape index (κ2) is 7.43. The molecule has 3 rings (SSSR count). The molecule has 1 heterocycles. The first kappa shape index (κ1) is 16.4. The lowest BCUT2D eigenvalue weighted by Gasteiger charge is -2.04. The number of nitriles is 1. The van der Waals surface area contributed by atoms with E-state index < -0.39 is 0 Å². The average molecular weight is 397 g/mol. The van der Waals surface area contributed by atoms with Crippen LogP contribution in [0.2, 0.25) is 0 Å². The second-order valence-corrected chi connectivity index (χ2v) is 6.73. The number of rotatable bonds is 4. The highest BCUT2D eigenvalue weighted by molar-refractivity contribution is 9.10. The molecule has 0 amide bonds. The number of hydrogen-bond donors (Lipinski definition) is 0. The molecular formula is C19H13BrN2OS. The van der Waals surface area contributed by atoms with Crippen molar-refractivity contribution in [1.29, 1.82) is 5.26 Å². The maximum absolute atomic E-state index is 9.53. The lowest BCUT2D eigenvalue weighted by Crippen LogP contribution is -1.87. The molecule has 0 fully saturated rings. The molecule has 0 aliphatic rings. The summed E-state index contributed by atoms with van der Waals surface area (Å²) in [5, 5.41) is 12.2. The van der Waals surface area contributed by atoms with Gasteiger partial charge < -0.3 is 4.74 Å². The van der Waals surface area contributed by atoms with Crippen molar-refractivity contribution in [2.24, 2.45) is 0 Å². The molecule has 3 nitrogen and oxygen atoms in total. The maximum atomic E-state index is 9.53. The smallest absolute Gasteiger partial charge is 0.134 e. The normalized spacial score (nSPS) is 11.1. The summed E-state index contributed by atoms with van der Waals surface area (Å²) in [6.07, 6.45) is 1.81. The second-order valence-electron chi connectivity index (χ2n) is 4.96. The van der Waals surface area contributed by atoms with Gasteiger partial charge in [0.05, 0.1) is 18.4 Å². The molecule has 0 atom stereocenters. The van der Waals surface area contributed by atoms with Gasteiger partial charge in [0.15, 0.2) is 0 Å². The van der Waals surface area contributed by atoms with E-state index in [1.165, 1.54) is 11.3 Å². The van der Waals surface area contributed by atoms with Crippen LogP contribution in [-0.2, 0) is 0 Å². The molecule has 0 saturated heterocycles. The van der Waals surface area contributed by atoms with Crippen LogP contribution < -0.4 is 4.74 Å². The summed E-state index contributed by atoms with van der Waals surface area (Å²) < 4.78 is 6.34. The Balaban J connectivity index is 1.98. The maximum Gasteiger partial charge on any atom is 0.134 e. The van der Waals surface area contributed by atoms with Gasteiger partial charge in [-0.15, -0.1) is 11.3 Å². The number of halogens is 1. The Morgan fingerprint density at radius 1 is 1.25 bits per heavy atom. The van der Waals surface area contributed by atoms with Gasteiger partial charge in [-0.25, -0.2) is 4.98 Å². The van der Waals surface area contributed by atoms with Crippen LogP contribution in [0.15, 0.2) is 58.4 Å². The topological polar surface area (TPSA) is 45.9 Å². The summed E-state index contributed by atoms with van der Waals surface area (Å²) >= 11 is 4.92. The summed E-state index contributed by atoms with van der Waals surface area (Å²) in [7, 11) is 1.62. The minimum Gasteiger partial charge on any atom is -0.496 e. The van der Waals surface area contributed by atoms with Crippen molar-refractivity contribution in [2.45, 2.75) is 0 Å². The van der Waals surface area contributed by atoms with Gasteiger partial charge in [-0.3, -0.25) is 0 Å². The van der Waals surface area contributed by atoms with Crippen molar-refractivity contribution >= 4 is 38.9 Å². The molecule has 0 unspecified atom stereocenters. The number of allylic oxidation sites excluding steroid dienone is 1. The van der Waals surface area contributed by atoms with E-state index in [4.69, 9.17) is 4.74 Å². The number of methoxy groups -OCH3 is 1. The van der Waals surface area contributed by atoms with Crippen LogP contribution in [0.1, 0.15) is 10.6 Å². The van der Waals surface area contributed by atoms with Gasteiger partial charge in [-0.05, 0) is 24.3 Å². The highest BCUT2D eigenvalue weighted by Gasteiger charge is 2.10. The number of aromatic nitrogens is 1. The van der Waals surface area contributed by atoms with Crippen LogP contribution in [0.25, 0.3) is 22.9 Å². The molecule has 5 heteroatoms. The molecule has 3 aromatic rings. The SMILES string of the molecule is COc1ccccc1C=C(C#N)c1nc(-c2cccc(Br)c2)cs1. The van der Waals surface area contributed by atoms with Crippen molar-refractivity contribution in [3.05, 3.63) is 69.0 Å². The quantitative estimate of drug-likeness (QED) is 0.535. The fourth-order valence-corrected chi connectivity index (χ4v) is 3.45. The minimum atomic E-state index is 0.519. The molecule has 1 aromatic heterocycles. The zero-order valence-corrected chi connectivity index (χ0v) is 15.3. The van der Waals surface area contributed by atoms with E-state index in [1.807, 2.05) is 60.0 Å². The average Bonchev–Trinajstić information content (AvgIpc) is 3.10. The minimum absolute atomic E-state index is 0.519. The molecule has 24 heavy (non-hydrogen) atoms. The summed E-state index contributed by atoms with van der Waals surface area (Å²) in [4.78, 5) is 4.61. The molecule has 0 N–H and O–H groups in total. The van der Waals surface area contributed by atoms with Crippen LogP contribution in [0.3, 0.4) is 0 Å². The molecule has 0 spiro atoms. The third kappa shape index (κ3) is 3.56. The third-order valence-electron chi connectivity index (χ3n) is 3.41. The van der Waals surface area contributed by atoms with Gasteiger partial charge in [0.1, 0.15) is 16.8 Å². The van der Waals surface area contributed by atoms with E-state index in [-0.39, 0.29) is 0 Å². The monoisotopic (exact) mass is 396 g/mol. The van der Waals surface area contributed by atoms with Gasteiger partial charge >= 0.3 is 0 Å². The Kier molecular flexibility index (Phi) is 5.09. The number of nitrogens with zero attached hydrogens (tertiary/aromatic N) is 2. The molecular weight excluding hydrogens is 384 g/mol. The number of hydrogen-bond acceptors (Lipinski definition) is 4. The van der Waals surface area contributed by atoms with Crippen LogP contribution in [0.5, 0.6) is 5.75 Å². The zero-order chi connectivity index (χ0) is 16.9. The van der Waals surface area contributed by atoms with Gasteiger partial charge in [-0.1, -0.05) is 46.3 Å². The summed E-state index contributed by atoms with van der Waals surface area (Å²) in [6.45, 7) is 0. The van der Waals surface area contributed by atoms with Crippen LogP contribution in [0.4, 0.5) is 0 Å². The van der Waals surface area contributed by atoms with Gasteiger partial charge in [0.25, 0.3) is 0 Å². The fourth-order valence-electron chi connectivity index (χ4n) is 2.26. The fraction of sp³-hybridized carbons (Fsp3) is 0.0526. The van der Waals surface area contributed by atoms with Crippen LogP contribution in [0, 0.1) is 11.3 Å². The predicted octanol–water partition coefficient (Wildman–Crippen LogP) is 5.65. The molecule has 0 aliphatic heterocycles. The first-order valence-electron chi connectivity index (χ1n) is 7.18. The lowest BCUT2D eigenvalue weighted by molar-refractivity contribution is 0.414. The molecule has 118 valence electrons. The highest BCUT2D eigenvalue weighted by atomic mass is 79.9. The van der Waals surface area contributed by atoms with Crippen molar-refractivity contribution in [1.82, 2.24) is 4.98 Å².